The number of carbonyl (C=O) groups excluding carboxylic acids is 1. The zero-order chi connectivity index (χ0) is 11.7. The van der Waals surface area contributed by atoms with Crippen LogP contribution in [0.15, 0.2) is 18.2 Å². The number of aryl methyl sites for hydroxylation is 1. The van der Waals surface area contributed by atoms with E-state index in [4.69, 9.17) is 0 Å². The van der Waals surface area contributed by atoms with Gasteiger partial charge in [0.1, 0.15) is 5.82 Å². The summed E-state index contributed by atoms with van der Waals surface area (Å²) in [5.41, 5.74) is 2.09. The van der Waals surface area contributed by atoms with Gasteiger partial charge in [-0.15, -0.1) is 0 Å². The van der Waals surface area contributed by atoms with Crippen molar-refractivity contribution in [3.05, 3.63) is 35.3 Å². The van der Waals surface area contributed by atoms with Crippen LogP contribution >= 0.6 is 0 Å². The molecule has 2 aromatic rings. The van der Waals surface area contributed by atoms with E-state index in [0.717, 1.165) is 11.1 Å². The van der Waals surface area contributed by atoms with E-state index in [9.17, 15) is 9.18 Å². The first-order chi connectivity index (χ1) is 7.63. The van der Waals surface area contributed by atoms with E-state index < -0.39 is 0 Å². The van der Waals surface area contributed by atoms with E-state index in [1.54, 1.807) is 13.1 Å². The SMILES string of the molecule is CNCC(=O)c1c(C)[nH]c2cc(F)ccc12. The van der Waals surface area contributed by atoms with Gasteiger partial charge in [0.05, 0.1) is 6.54 Å². The molecule has 0 spiro atoms. The molecular weight excluding hydrogens is 207 g/mol. The number of carbonyl (C=O) groups is 1. The van der Waals surface area contributed by atoms with Gasteiger partial charge in [-0.2, -0.15) is 0 Å². The minimum Gasteiger partial charge on any atom is -0.358 e. The average molecular weight is 220 g/mol. The third-order valence-corrected chi connectivity index (χ3v) is 2.56. The second kappa shape index (κ2) is 4.06. The number of H-pyrrole nitrogens is 1. The lowest BCUT2D eigenvalue weighted by Crippen LogP contribution is -2.18. The molecule has 0 saturated carbocycles. The number of aromatic amines is 1. The Morgan fingerprint density at radius 2 is 2.25 bits per heavy atom. The molecule has 1 aromatic carbocycles. The average Bonchev–Trinajstić information content (AvgIpc) is 2.53. The van der Waals surface area contributed by atoms with Gasteiger partial charge in [-0.3, -0.25) is 4.79 Å². The summed E-state index contributed by atoms with van der Waals surface area (Å²) in [6, 6.07) is 4.40. The molecule has 3 nitrogen and oxygen atoms in total. The first kappa shape index (κ1) is 10.8. The predicted octanol–water partition coefficient (Wildman–Crippen LogP) is 2.02. The molecule has 0 aliphatic heterocycles. The zero-order valence-electron chi connectivity index (χ0n) is 9.23. The van der Waals surface area contributed by atoms with E-state index in [2.05, 4.69) is 10.3 Å². The van der Waals surface area contributed by atoms with Crippen molar-refractivity contribution in [2.24, 2.45) is 0 Å². The highest BCUT2D eigenvalue weighted by Gasteiger charge is 2.15. The monoisotopic (exact) mass is 220 g/mol. The molecule has 0 amide bonds. The number of halogens is 1. The molecule has 16 heavy (non-hydrogen) atoms. The number of nitrogens with one attached hydrogen (secondary N) is 2. The van der Waals surface area contributed by atoms with Crippen molar-refractivity contribution in [1.82, 2.24) is 10.3 Å². The summed E-state index contributed by atoms with van der Waals surface area (Å²) in [5, 5.41) is 3.60. The Morgan fingerprint density at radius 1 is 1.50 bits per heavy atom. The molecular formula is C12H13FN2O. The molecule has 4 heteroatoms. The molecule has 0 fully saturated rings. The Morgan fingerprint density at radius 3 is 2.94 bits per heavy atom. The van der Waals surface area contributed by atoms with E-state index in [0.29, 0.717) is 11.1 Å². The molecule has 84 valence electrons. The lowest BCUT2D eigenvalue weighted by Gasteiger charge is -1.99. The maximum atomic E-state index is 13.0. The fraction of sp³-hybridized carbons (Fsp3) is 0.250. The van der Waals surface area contributed by atoms with Crippen LogP contribution in [-0.4, -0.2) is 24.4 Å². The van der Waals surface area contributed by atoms with Crippen LogP contribution in [0.1, 0.15) is 16.1 Å². The lowest BCUT2D eigenvalue weighted by atomic mass is 10.1. The van der Waals surface area contributed by atoms with E-state index in [1.807, 2.05) is 6.92 Å². The van der Waals surface area contributed by atoms with Gasteiger partial charge < -0.3 is 10.3 Å². The highest BCUT2D eigenvalue weighted by atomic mass is 19.1. The Balaban J connectivity index is 2.60. The smallest absolute Gasteiger partial charge is 0.179 e. The van der Waals surface area contributed by atoms with E-state index in [1.165, 1.54) is 12.1 Å². The molecule has 2 rings (SSSR count). The van der Waals surface area contributed by atoms with Gasteiger partial charge in [0.15, 0.2) is 5.78 Å². The lowest BCUT2D eigenvalue weighted by molar-refractivity contribution is 0.0994. The summed E-state index contributed by atoms with van der Waals surface area (Å²) in [6.07, 6.45) is 0. The Hall–Kier alpha value is -1.68. The van der Waals surface area contributed by atoms with Crippen LogP contribution in [0.2, 0.25) is 0 Å². The Bertz CT molecular complexity index is 545. The van der Waals surface area contributed by atoms with Crippen LogP contribution in [0, 0.1) is 12.7 Å². The number of benzene rings is 1. The number of Topliss-reactive ketones (excluding diaryl/α,β-unsaturated/α-hetero) is 1. The maximum Gasteiger partial charge on any atom is 0.179 e. The largest absolute Gasteiger partial charge is 0.358 e. The molecule has 0 aliphatic carbocycles. The fourth-order valence-electron chi connectivity index (χ4n) is 1.91. The van der Waals surface area contributed by atoms with Gasteiger partial charge in [0.2, 0.25) is 0 Å². The first-order valence-electron chi connectivity index (χ1n) is 5.09. The van der Waals surface area contributed by atoms with Crippen molar-refractivity contribution in [3.8, 4) is 0 Å². The van der Waals surface area contributed by atoms with Crippen molar-refractivity contribution in [3.63, 3.8) is 0 Å². The summed E-state index contributed by atoms with van der Waals surface area (Å²) < 4.78 is 13.0. The number of aromatic nitrogens is 1. The normalized spacial score (nSPS) is 10.9. The van der Waals surface area contributed by atoms with E-state index >= 15 is 0 Å². The summed E-state index contributed by atoms with van der Waals surface area (Å²) in [4.78, 5) is 14.9. The van der Waals surface area contributed by atoms with Crippen LogP contribution in [0.4, 0.5) is 4.39 Å². The summed E-state index contributed by atoms with van der Waals surface area (Å²) in [6.45, 7) is 2.10. The van der Waals surface area contributed by atoms with Crippen LogP contribution in [0.5, 0.6) is 0 Å². The molecule has 0 unspecified atom stereocenters. The van der Waals surface area contributed by atoms with Crippen molar-refractivity contribution >= 4 is 16.7 Å². The Kier molecular flexibility index (Phi) is 2.75. The summed E-state index contributed by atoms with van der Waals surface area (Å²) >= 11 is 0. The number of hydrogen-bond donors (Lipinski definition) is 2. The fourth-order valence-corrected chi connectivity index (χ4v) is 1.91. The standard InChI is InChI=1S/C12H13FN2O/c1-7-12(11(16)6-14-2)9-4-3-8(13)5-10(9)15-7/h3-5,14-15H,6H2,1-2H3. The topological polar surface area (TPSA) is 44.9 Å². The molecule has 0 atom stereocenters. The van der Waals surface area contributed by atoms with Crippen LogP contribution in [0.25, 0.3) is 10.9 Å². The zero-order valence-corrected chi connectivity index (χ0v) is 9.23. The van der Waals surface area contributed by atoms with Gasteiger partial charge in [-0.05, 0) is 32.2 Å². The number of likely N-dealkylation sites (N-methyl/N-ethyl adjacent to an activating group) is 1. The number of rotatable bonds is 3. The van der Waals surface area contributed by atoms with Crippen molar-refractivity contribution in [1.29, 1.82) is 0 Å². The molecule has 1 aromatic heterocycles. The molecule has 0 aliphatic rings. The Labute approximate surface area is 92.7 Å². The van der Waals surface area contributed by atoms with Gasteiger partial charge in [-0.1, -0.05) is 0 Å². The van der Waals surface area contributed by atoms with Gasteiger partial charge in [0, 0.05) is 22.2 Å². The summed E-state index contributed by atoms with van der Waals surface area (Å²) in [5.74, 6) is -0.292. The number of ketones is 1. The van der Waals surface area contributed by atoms with Gasteiger partial charge in [0.25, 0.3) is 0 Å². The third kappa shape index (κ3) is 1.72. The molecule has 1 heterocycles. The second-order valence-electron chi connectivity index (χ2n) is 3.77. The van der Waals surface area contributed by atoms with Crippen molar-refractivity contribution < 1.29 is 9.18 Å². The molecule has 0 saturated heterocycles. The first-order valence-corrected chi connectivity index (χ1v) is 5.09. The number of hydrogen-bond acceptors (Lipinski definition) is 2. The quantitative estimate of drug-likeness (QED) is 0.777. The van der Waals surface area contributed by atoms with Crippen LogP contribution < -0.4 is 5.32 Å². The third-order valence-electron chi connectivity index (χ3n) is 2.56. The highest BCUT2D eigenvalue weighted by Crippen LogP contribution is 2.23. The predicted molar refractivity (Wildman–Crippen MR) is 61.3 cm³/mol. The minimum atomic E-state index is -0.304. The van der Waals surface area contributed by atoms with E-state index in [-0.39, 0.29) is 18.1 Å². The van der Waals surface area contributed by atoms with Crippen molar-refractivity contribution in [2.75, 3.05) is 13.6 Å². The highest BCUT2D eigenvalue weighted by molar-refractivity contribution is 6.10. The minimum absolute atomic E-state index is 0.0119. The number of fused-ring (bicyclic) bond motifs is 1. The summed E-state index contributed by atoms with van der Waals surface area (Å²) in [7, 11) is 1.72. The maximum absolute atomic E-state index is 13.0. The van der Waals surface area contributed by atoms with Gasteiger partial charge in [-0.25, -0.2) is 4.39 Å². The molecule has 0 bridgehead atoms. The molecule has 2 N–H and O–H groups in total. The van der Waals surface area contributed by atoms with Gasteiger partial charge >= 0.3 is 0 Å². The second-order valence-corrected chi connectivity index (χ2v) is 3.77. The van der Waals surface area contributed by atoms with Crippen LogP contribution in [-0.2, 0) is 0 Å². The molecule has 0 radical (unpaired) electrons. The van der Waals surface area contributed by atoms with Crippen LogP contribution in [0.3, 0.4) is 0 Å². The van der Waals surface area contributed by atoms with Crippen molar-refractivity contribution in [2.45, 2.75) is 6.92 Å².